The van der Waals surface area contributed by atoms with Crippen LogP contribution in [0.5, 0.6) is 0 Å². The lowest BCUT2D eigenvalue weighted by Crippen LogP contribution is -2.38. The first kappa shape index (κ1) is 15.6. The second-order valence-corrected chi connectivity index (χ2v) is 6.58. The van der Waals surface area contributed by atoms with E-state index in [0.717, 1.165) is 25.7 Å². The van der Waals surface area contributed by atoms with Gasteiger partial charge in [0.25, 0.3) is 11.6 Å². The number of carbonyl (C=O) groups is 1. The van der Waals surface area contributed by atoms with E-state index in [4.69, 9.17) is 5.73 Å². The predicted molar refractivity (Wildman–Crippen MR) is 84.6 cm³/mol. The summed E-state index contributed by atoms with van der Waals surface area (Å²) >= 11 is 1.76. The number of nitrogen functional groups attached to an aromatic ring is 1. The molecule has 21 heavy (non-hydrogen) atoms. The average Bonchev–Trinajstić information content (AvgIpc) is 2.94. The van der Waals surface area contributed by atoms with Crippen molar-refractivity contribution >= 4 is 29.0 Å². The molecule has 0 aliphatic heterocycles. The summed E-state index contributed by atoms with van der Waals surface area (Å²) in [6.07, 6.45) is 6.49. The van der Waals surface area contributed by atoms with Gasteiger partial charge in [-0.2, -0.15) is 11.8 Å². The number of nitro benzene ring substituents is 1. The van der Waals surface area contributed by atoms with Gasteiger partial charge in [-0.05, 0) is 31.2 Å². The smallest absolute Gasteiger partial charge is 0.282 e. The molecule has 1 aromatic rings. The summed E-state index contributed by atoms with van der Waals surface area (Å²) in [6.45, 7) is 0.527. The number of carbonyl (C=O) groups excluding carboxylic acids is 1. The first-order valence-electron chi connectivity index (χ1n) is 6.85. The fourth-order valence-corrected chi connectivity index (χ4v) is 3.62. The fourth-order valence-electron chi connectivity index (χ4n) is 2.70. The van der Waals surface area contributed by atoms with E-state index in [0.29, 0.717) is 12.2 Å². The molecule has 0 spiro atoms. The highest BCUT2D eigenvalue weighted by Gasteiger charge is 2.33. The summed E-state index contributed by atoms with van der Waals surface area (Å²) in [6, 6.07) is 4.05. The van der Waals surface area contributed by atoms with Gasteiger partial charge in [0, 0.05) is 23.0 Å². The van der Waals surface area contributed by atoms with Gasteiger partial charge in [-0.15, -0.1) is 0 Å². The number of rotatable bonds is 5. The molecular weight excluding hydrogens is 290 g/mol. The second-order valence-electron chi connectivity index (χ2n) is 5.31. The molecule has 0 heterocycles. The Morgan fingerprint density at radius 1 is 1.48 bits per heavy atom. The SMILES string of the molecule is CSC1(CNC(=O)c2cc(N)ccc2[N+](=O)[O-])CCCC1. The van der Waals surface area contributed by atoms with E-state index in [-0.39, 0.29) is 16.0 Å². The summed E-state index contributed by atoms with van der Waals surface area (Å²) in [4.78, 5) is 22.7. The molecule has 1 fully saturated rings. The number of benzene rings is 1. The molecule has 3 N–H and O–H groups in total. The van der Waals surface area contributed by atoms with Crippen LogP contribution in [0.15, 0.2) is 18.2 Å². The third kappa shape index (κ3) is 3.47. The Labute approximate surface area is 127 Å². The maximum Gasteiger partial charge on any atom is 0.282 e. The summed E-state index contributed by atoms with van der Waals surface area (Å²) in [5, 5.41) is 13.8. The van der Waals surface area contributed by atoms with E-state index in [1.807, 2.05) is 6.26 Å². The van der Waals surface area contributed by atoms with Gasteiger partial charge in [-0.25, -0.2) is 0 Å². The van der Waals surface area contributed by atoms with Crippen LogP contribution in [0.2, 0.25) is 0 Å². The molecule has 1 aromatic carbocycles. The van der Waals surface area contributed by atoms with Crippen LogP contribution in [0.1, 0.15) is 36.0 Å². The molecule has 1 aliphatic carbocycles. The van der Waals surface area contributed by atoms with Crippen LogP contribution in [0.4, 0.5) is 11.4 Å². The maximum atomic E-state index is 12.3. The lowest BCUT2D eigenvalue weighted by Gasteiger charge is -2.26. The molecule has 1 amide bonds. The number of nitrogens with zero attached hydrogens (tertiary/aromatic N) is 1. The normalized spacial score (nSPS) is 16.6. The largest absolute Gasteiger partial charge is 0.399 e. The van der Waals surface area contributed by atoms with Gasteiger partial charge in [0.2, 0.25) is 0 Å². The lowest BCUT2D eigenvalue weighted by molar-refractivity contribution is -0.385. The molecule has 0 atom stereocenters. The number of nitrogens with one attached hydrogen (secondary N) is 1. The number of thioether (sulfide) groups is 1. The maximum absolute atomic E-state index is 12.3. The molecular formula is C14H19N3O3S. The monoisotopic (exact) mass is 309 g/mol. The van der Waals surface area contributed by atoms with Crippen LogP contribution in [0.3, 0.4) is 0 Å². The van der Waals surface area contributed by atoms with Crippen molar-refractivity contribution in [3.63, 3.8) is 0 Å². The summed E-state index contributed by atoms with van der Waals surface area (Å²) in [7, 11) is 0. The van der Waals surface area contributed by atoms with Gasteiger partial charge in [0.1, 0.15) is 5.56 Å². The first-order chi connectivity index (χ1) is 9.97. The van der Waals surface area contributed by atoms with Crippen molar-refractivity contribution in [3.05, 3.63) is 33.9 Å². The molecule has 1 aliphatic rings. The summed E-state index contributed by atoms with van der Waals surface area (Å²) in [5.41, 5.74) is 5.77. The average molecular weight is 309 g/mol. The van der Waals surface area contributed by atoms with E-state index in [1.165, 1.54) is 18.2 Å². The molecule has 0 bridgehead atoms. The van der Waals surface area contributed by atoms with Gasteiger partial charge in [-0.1, -0.05) is 12.8 Å². The standard InChI is InChI=1S/C14H19N3O3S/c1-21-14(6-2-3-7-14)9-16-13(18)11-8-10(15)4-5-12(11)17(19)20/h4-5,8H,2-3,6-7,9,15H2,1H3,(H,16,18). The van der Waals surface area contributed by atoms with E-state index in [1.54, 1.807) is 11.8 Å². The minimum Gasteiger partial charge on any atom is -0.399 e. The number of hydrogen-bond donors (Lipinski definition) is 2. The van der Waals surface area contributed by atoms with Crippen LogP contribution in [0.25, 0.3) is 0 Å². The van der Waals surface area contributed by atoms with Crippen molar-refractivity contribution in [1.82, 2.24) is 5.32 Å². The second kappa shape index (κ2) is 6.34. The molecule has 0 unspecified atom stereocenters. The van der Waals surface area contributed by atoms with Gasteiger partial charge >= 0.3 is 0 Å². The molecule has 0 aromatic heterocycles. The van der Waals surface area contributed by atoms with Crippen LogP contribution >= 0.6 is 11.8 Å². The Balaban J connectivity index is 2.13. The molecule has 0 saturated heterocycles. The fraction of sp³-hybridized carbons (Fsp3) is 0.500. The quantitative estimate of drug-likeness (QED) is 0.495. The molecule has 114 valence electrons. The van der Waals surface area contributed by atoms with Crippen LogP contribution in [-0.4, -0.2) is 28.4 Å². The predicted octanol–water partition coefficient (Wildman–Crippen LogP) is 2.58. The number of nitro groups is 1. The highest BCUT2D eigenvalue weighted by Crippen LogP contribution is 2.39. The lowest BCUT2D eigenvalue weighted by atomic mass is 10.1. The molecule has 0 radical (unpaired) electrons. The van der Waals surface area contributed by atoms with Crippen molar-refractivity contribution in [3.8, 4) is 0 Å². The third-order valence-electron chi connectivity index (χ3n) is 3.98. The van der Waals surface area contributed by atoms with Crippen LogP contribution in [0, 0.1) is 10.1 Å². The van der Waals surface area contributed by atoms with Crippen molar-refractivity contribution in [2.75, 3.05) is 18.5 Å². The van der Waals surface area contributed by atoms with Crippen LogP contribution in [-0.2, 0) is 0 Å². The highest BCUT2D eigenvalue weighted by atomic mass is 32.2. The van der Waals surface area contributed by atoms with E-state index < -0.39 is 10.8 Å². The van der Waals surface area contributed by atoms with E-state index >= 15 is 0 Å². The van der Waals surface area contributed by atoms with Crippen LogP contribution < -0.4 is 11.1 Å². The van der Waals surface area contributed by atoms with Gasteiger partial charge < -0.3 is 11.1 Å². The molecule has 2 rings (SSSR count). The number of hydrogen-bond acceptors (Lipinski definition) is 5. The highest BCUT2D eigenvalue weighted by molar-refractivity contribution is 8.00. The zero-order valence-electron chi connectivity index (χ0n) is 11.9. The van der Waals surface area contributed by atoms with E-state index in [9.17, 15) is 14.9 Å². The minimum atomic E-state index is -0.561. The molecule has 7 heteroatoms. The van der Waals surface area contributed by atoms with Crippen molar-refractivity contribution in [2.45, 2.75) is 30.4 Å². The number of nitrogens with two attached hydrogens (primary N) is 1. The Bertz CT molecular complexity index is 556. The Morgan fingerprint density at radius 2 is 2.14 bits per heavy atom. The number of amides is 1. The van der Waals surface area contributed by atoms with E-state index in [2.05, 4.69) is 5.32 Å². The molecule has 6 nitrogen and oxygen atoms in total. The third-order valence-corrected chi connectivity index (χ3v) is 5.40. The Morgan fingerprint density at radius 3 is 2.71 bits per heavy atom. The van der Waals surface area contributed by atoms with Gasteiger partial charge in [-0.3, -0.25) is 14.9 Å². The first-order valence-corrected chi connectivity index (χ1v) is 8.07. The summed E-state index contributed by atoms with van der Waals surface area (Å²) in [5.74, 6) is -0.436. The minimum absolute atomic E-state index is 0.0225. The van der Waals surface area contributed by atoms with Gasteiger partial charge in [0.15, 0.2) is 0 Å². The topological polar surface area (TPSA) is 98.3 Å². The number of anilines is 1. The zero-order valence-corrected chi connectivity index (χ0v) is 12.7. The molecule has 1 saturated carbocycles. The van der Waals surface area contributed by atoms with Crippen molar-refractivity contribution in [1.29, 1.82) is 0 Å². The van der Waals surface area contributed by atoms with Gasteiger partial charge in [0.05, 0.1) is 4.92 Å². The Kier molecular flexibility index (Phi) is 4.72. The van der Waals surface area contributed by atoms with Crippen molar-refractivity contribution in [2.24, 2.45) is 0 Å². The zero-order chi connectivity index (χ0) is 15.5. The summed E-state index contributed by atoms with van der Waals surface area (Å²) < 4.78 is 0.0603. The van der Waals surface area contributed by atoms with Crippen molar-refractivity contribution < 1.29 is 9.72 Å². The Hall–Kier alpha value is -1.76.